The lowest BCUT2D eigenvalue weighted by atomic mass is 9.80. The molecule has 1 aromatic rings. The molecular formula is C9H15BO3. The molecule has 13 heavy (non-hydrogen) atoms. The lowest BCUT2D eigenvalue weighted by Gasteiger charge is -2.01. The zero-order chi connectivity index (χ0) is 10.3. The summed E-state index contributed by atoms with van der Waals surface area (Å²) in [6.07, 6.45) is 0. The Balaban J connectivity index is 0.000000671. The van der Waals surface area contributed by atoms with Gasteiger partial charge in [0.1, 0.15) is 5.75 Å². The Hall–Kier alpha value is -0.995. The molecule has 72 valence electrons. The Bertz CT molecular complexity index is 238. The Morgan fingerprint density at radius 1 is 1.23 bits per heavy atom. The predicted molar refractivity (Wildman–Crippen MR) is 54.2 cm³/mol. The summed E-state index contributed by atoms with van der Waals surface area (Å²) in [4.78, 5) is 0. The van der Waals surface area contributed by atoms with Crippen LogP contribution in [0, 0.1) is 0 Å². The average molecular weight is 182 g/mol. The van der Waals surface area contributed by atoms with E-state index >= 15 is 0 Å². The van der Waals surface area contributed by atoms with Crippen LogP contribution in [0.15, 0.2) is 24.3 Å². The van der Waals surface area contributed by atoms with Crippen molar-refractivity contribution in [2.24, 2.45) is 0 Å². The third-order valence-corrected chi connectivity index (χ3v) is 1.39. The minimum Gasteiger partial charge on any atom is -0.497 e. The van der Waals surface area contributed by atoms with Crippen molar-refractivity contribution in [2.45, 2.75) is 13.8 Å². The van der Waals surface area contributed by atoms with Gasteiger partial charge in [-0.1, -0.05) is 26.0 Å². The largest absolute Gasteiger partial charge is 0.497 e. The monoisotopic (exact) mass is 182 g/mol. The molecule has 0 aliphatic heterocycles. The summed E-state index contributed by atoms with van der Waals surface area (Å²) < 4.78 is 4.88. The van der Waals surface area contributed by atoms with Gasteiger partial charge in [0.15, 0.2) is 0 Å². The van der Waals surface area contributed by atoms with E-state index in [0.717, 1.165) is 0 Å². The normalized spacial score (nSPS) is 8.38. The van der Waals surface area contributed by atoms with Crippen LogP contribution < -0.4 is 10.2 Å². The van der Waals surface area contributed by atoms with E-state index in [9.17, 15) is 0 Å². The molecule has 0 aromatic heterocycles. The Morgan fingerprint density at radius 2 is 1.85 bits per heavy atom. The minimum atomic E-state index is -1.43. The molecule has 0 amide bonds. The van der Waals surface area contributed by atoms with Crippen LogP contribution in [-0.2, 0) is 0 Å². The van der Waals surface area contributed by atoms with Gasteiger partial charge in [-0.15, -0.1) is 0 Å². The lowest BCUT2D eigenvalue weighted by molar-refractivity contribution is 0.412. The summed E-state index contributed by atoms with van der Waals surface area (Å²) in [7, 11) is 0.105. The van der Waals surface area contributed by atoms with Crippen molar-refractivity contribution < 1.29 is 14.8 Å². The molecule has 1 rings (SSSR count). The zero-order valence-corrected chi connectivity index (χ0v) is 8.19. The van der Waals surface area contributed by atoms with Crippen molar-refractivity contribution >= 4 is 12.6 Å². The van der Waals surface area contributed by atoms with Crippen LogP contribution in [0.2, 0.25) is 0 Å². The number of hydrogen-bond acceptors (Lipinski definition) is 3. The lowest BCUT2D eigenvalue weighted by Crippen LogP contribution is -2.29. The van der Waals surface area contributed by atoms with Gasteiger partial charge in [0.2, 0.25) is 0 Å². The van der Waals surface area contributed by atoms with Crippen molar-refractivity contribution in [2.75, 3.05) is 7.11 Å². The maximum Gasteiger partial charge on any atom is 0.488 e. The molecule has 4 heteroatoms. The van der Waals surface area contributed by atoms with E-state index in [1.807, 2.05) is 13.8 Å². The highest BCUT2D eigenvalue weighted by atomic mass is 16.5. The first kappa shape index (κ1) is 12.0. The van der Waals surface area contributed by atoms with Crippen LogP contribution in [0.1, 0.15) is 13.8 Å². The fourth-order valence-electron chi connectivity index (χ4n) is 0.802. The Morgan fingerprint density at radius 3 is 2.31 bits per heavy atom. The number of benzene rings is 1. The van der Waals surface area contributed by atoms with Crippen molar-refractivity contribution in [1.29, 1.82) is 0 Å². The van der Waals surface area contributed by atoms with E-state index in [2.05, 4.69) is 0 Å². The topological polar surface area (TPSA) is 49.7 Å². The second-order valence-corrected chi connectivity index (χ2v) is 2.15. The van der Waals surface area contributed by atoms with Crippen molar-refractivity contribution in [3.63, 3.8) is 0 Å². The molecule has 0 aliphatic rings. The summed E-state index contributed by atoms with van der Waals surface area (Å²) in [6, 6.07) is 6.64. The molecule has 0 saturated heterocycles. The van der Waals surface area contributed by atoms with Gasteiger partial charge in [-0.25, -0.2) is 0 Å². The molecule has 0 fully saturated rings. The maximum atomic E-state index is 8.74. The highest BCUT2D eigenvalue weighted by Crippen LogP contribution is 2.05. The fourth-order valence-corrected chi connectivity index (χ4v) is 0.802. The molecule has 1 aromatic carbocycles. The molecule has 0 heterocycles. The van der Waals surface area contributed by atoms with Crippen molar-refractivity contribution in [1.82, 2.24) is 0 Å². The van der Waals surface area contributed by atoms with E-state index in [-0.39, 0.29) is 0 Å². The first-order valence-corrected chi connectivity index (χ1v) is 4.24. The third-order valence-electron chi connectivity index (χ3n) is 1.39. The van der Waals surface area contributed by atoms with Gasteiger partial charge in [-0.05, 0) is 17.6 Å². The summed E-state index contributed by atoms with van der Waals surface area (Å²) in [5, 5.41) is 17.5. The molecule has 0 unspecified atom stereocenters. The standard InChI is InChI=1S/C7H9BO3.C2H6/c1-11-7-4-2-3-6(5-7)8(9)10;1-2/h2-5,9-10H,1H3;1-2H3. The number of rotatable bonds is 2. The van der Waals surface area contributed by atoms with Gasteiger partial charge in [0.05, 0.1) is 7.11 Å². The Kier molecular flexibility index (Phi) is 6.01. The van der Waals surface area contributed by atoms with E-state index in [1.54, 1.807) is 24.3 Å². The molecule has 3 nitrogen and oxygen atoms in total. The first-order valence-electron chi connectivity index (χ1n) is 4.24. The Labute approximate surface area is 79.1 Å². The molecule has 2 N–H and O–H groups in total. The van der Waals surface area contributed by atoms with Crippen molar-refractivity contribution in [3.05, 3.63) is 24.3 Å². The number of ether oxygens (including phenoxy) is 1. The highest BCUT2D eigenvalue weighted by molar-refractivity contribution is 6.58. The molecule has 0 atom stereocenters. The van der Waals surface area contributed by atoms with Gasteiger partial charge in [0.25, 0.3) is 0 Å². The molecule has 0 bridgehead atoms. The summed E-state index contributed by atoms with van der Waals surface area (Å²) in [6.45, 7) is 4.00. The summed E-state index contributed by atoms with van der Waals surface area (Å²) in [5.41, 5.74) is 0.435. The van der Waals surface area contributed by atoms with Crippen LogP contribution in [0.5, 0.6) is 5.75 Å². The fraction of sp³-hybridized carbons (Fsp3) is 0.333. The second-order valence-electron chi connectivity index (χ2n) is 2.15. The third kappa shape index (κ3) is 3.96. The van der Waals surface area contributed by atoms with Crippen LogP contribution in [0.4, 0.5) is 0 Å². The van der Waals surface area contributed by atoms with E-state index in [1.165, 1.54) is 7.11 Å². The molecule has 0 saturated carbocycles. The van der Waals surface area contributed by atoms with Crippen LogP contribution >= 0.6 is 0 Å². The van der Waals surface area contributed by atoms with Gasteiger partial charge < -0.3 is 14.8 Å². The van der Waals surface area contributed by atoms with Gasteiger partial charge in [-0.2, -0.15) is 0 Å². The van der Waals surface area contributed by atoms with Crippen molar-refractivity contribution in [3.8, 4) is 5.75 Å². The molecule has 0 aliphatic carbocycles. The number of hydrogen-bond donors (Lipinski definition) is 2. The predicted octanol–water partition coefficient (Wildman–Crippen LogP) is 0.401. The first-order chi connectivity index (χ1) is 6.24. The summed E-state index contributed by atoms with van der Waals surface area (Å²) in [5.74, 6) is 0.621. The highest BCUT2D eigenvalue weighted by Gasteiger charge is 2.10. The second kappa shape index (κ2) is 6.51. The molecular weight excluding hydrogens is 167 g/mol. The maximum absolute atomic E-state index is 8.74. The number of methoxy groups -OCH3 is 1. The van der Waals surface area contributed by atoms with E-state index in [0.29, 0.717) is 11.2 Å². The zero-order valence-electron chi connectivity index (χ0n) is 8.19. The van der Waals surface area contributed by atoms with Gasteiger partial charge >= 0.3 is 7.12 Å². The van der Waals surface area contributed by atoms with Crippen LogP contribution in [-0.4, -0.2) is 24.3 Å². The van der Waals surface area contributed by atoms with E-state index in [4.69, 9.17) is 14.8 Å². The van der Waals surface area contributed by atoms with Gasteiger partial charge in [0, 0.05) is 0 Å². The smallest absolute Gasteiger partial charge is 0.488 e. The van der Waals surface area contributed by atoms with Gasteiger partial charge in [-0.3, -0.25) is 0 Å². The quantitative estimate of drug-likeness (QED) is 0.651. The summed E-state index contributed by atoms with van der Waals surface area (Å²) >= 11 is 0. The molecule has 0 spiro atoms. The SMILES string of the molecule is CC.COc1cccc(B(O)O)c1. The molecule has 0 radical (unpaired) electrons. The van der Waals surface area contributed by atoms with E-state index < -0.39 is 7.12 Å². The van der Waals surface area contributed by atoms with Crippen LogP contribution in [0.3, 0.4) is 0 Å². The minimum absolute atomic E-state index is 0.435. The van der Waals surface area contributed by atoms with Crippen LogP contribution in [0.25, 0.3) is 0 Å². The average Bonchev–Trinajstić information content (AvgIpc) is 2.21.